The Morgan fingerprint density at radius 1 is 1.63 bits per heavy atom. The summed E-state index contributed by atoms with van der Waals surface area (Å²) in [6, 6.07) is 2.16. The van der Waals surface area contributed by atoms with Crippen LogP contribution in [-0.2, 0) is 18.4 Å². The first-order valence-electron chi connectivity index (χ1n) is 6.81. The Hall–Kier alpha value is -1.60. The van der Waals surface area contributed by atoms with E-state index in [4.69, 9.17) is 10.00 Å². The van der Waals surface area contributed by atoms with Gasteiger partial charge in [0.2, 0.25) is 5.88 Å². The van der Waals surface area contributed by atoms with Gasteiger partial charge in [-0.25, -0.2) is 4.98 Å². The molecule has 0 saturated carbocycles. The predicted molar refractivity (Wildman–Crippen MR) is 69.6 cm³/mol. The van der Waals surface area contributed by atoms with Crippen LogP contribution >= 0.6 is 0 Å². The molecule has 4 nitrogen and oxygen atoms in total. The molecular formula is C15H18N2O2. The molecule has 0 spiro atoms. The van der Waals surface area contributed by atoms with E-state index in [1.807, 2.05) is 6.20 Å². The first-order valence-corrected chi connectivity index (χ1v) is 6.81. The number of aromatic nitrogens is 1. The van der Waals surface area contributed by atoms with Gasteiger partial charge in [-0.15, -0.1) is 0 Å². The number of pyridine rings is 1. The zero-order valence-electron chi connectivity index (χ0n) is 11.3. The van der Waals surface area contributed by atoms with Crippen molar-refractivity contribution in [2.75, 3.05) is 6.61 Å². The molecule has 19 heavy (non-hydrogen) atoms. The lowest BCUT2D eigenvalue weighted by molar-refractivity contribution is -0.0259. The Bertz CT molecular complexity index is 562. The molecule has 1 aliphatic carbocycles. The summed E-state index contributed by atoms with van der Waals surface area (Å²) in [5.74, 6) is 1.04. The fourth-order valence-electron chi connectivity index (χ4n) is 3.60. The second kappa shape index (κ2) is 4.21. The highest BCUT2D eigenvalue weighted by Crippen LogP contribution is 2.50. The van der Waals surface area contributed by atoms with Gasteiger partial charge in [0.15, 0.2) is 0 Å². The van der Waals surface area contributed by atoms with E-state index < -0.39 is 5.60 Å². The van der Waals surface area contributed by atoms with Crippen LogP contribution in [0.15, 0.2) is 6.20 Å². The van der Waals surface area contributed by atoms with Gasteiger partial charge in [0.1, 0.15) is 5.60 Å². The van der Waals surface area contributed by atoms with Crippen molar-refractivity contribution in [1.82, 2.24) is 4.98 Å². The van der Waals surface area contributed by atoms with Gasteiger partial charge in [0.25, 0.3) is 0 Å². The van der Waals surface area contributed by atoms with Gasteiger partial charge in [-0.05, 0) is 29.4 Å². The monoisotopic (exact) mass is 258 g/mol. The molecule has 0 amide bonds. The molecule has 0 radical (unpaired) electrons. The topological polar surface area (TPSA) is 66.1 Å². The van der Waals surface area contributed by atoms with E-state index in [2.05, 4.69) is 24.9 Å². The highest BCUT2D eigenvalue weighted by atomic mass is 16.5. The zero-order chi connectivity index (χ0) is 13.6. The van der Waals surface area contributed by atoms with Gasteiger partial charge in [0, 0.05) is 18.2 Å². The lowest BCUT2D eigenvalue weighted by Gasteiger charge is -2.32. The summed E-state index contributed by atoms with van der Waals surface area (Å²) in [4.78, 5) is 4.33. The van der Waals surface area contributed by atoms with Gasteiger partial charge >= 0.3 is 0 Å². The molecule has 0 aromatic carbocycles. The Morgan fingerprint density at radius 2 is 2.42 bits per heavy atom. The average molecular weight is 258 g/mol. The number of nitriles is 1. The van der Waals surface area contributed by atoms with Crippen molar-refractivity contribution >= 4 is 0 Å². The Kier molecular flexibility index (Phi) is 2.75. The smallest absolute Gasteiger partial charge is 0.217 e. The molecule has 0 saturated heterocycles. The lowest BCUT2D eigenvalue weighted by atomic mass is 9.77. The van der Waals surface area contributed by atoms with Crippen LogP contribution < -0.4 is 4.74 Å². The molecule has 2 aliphatic rings. The number of fused-ring (bicyclic) bond motifs is 3. The van der Waals surface area contributed by atoms with E-state index in [0.29, 0.717) is 18.4 Å². The molecule has 1 aromatic heterocycles. The van der Waals surface area contributed by atoms with Crippen molar-refractivity contribution < 1.29 is 9.84 Å². The molecule has 1 aromatic rings. The predicted octanol–water partition coefficient (Wildman–Crippen LogP) is 1.95. The summed E-state index contributed by atoms with van der Waals surface area (Å²) in [5, 5.41) is 20.2. The van der Waals surface area contributed by atoms with Crippen molar-refractivity contribution in [1.29, 1.82) is 5.26 Å². The normalized spacial score (nSPS) is 27.8. The third kappa shape index (κ3) is 1.65. The fourth-order valence-corrected chi connectivity index (χ4v) is 3.60. The molecule has 100 valence electrons. The Morgan fingerprint density at radius 3 is 3.11 bits per heavy atom. The SMILES string of the molecule is CC(C)C1Cc2cnc3c(c2C1(O)CC#N)CCO3. The van der Waals surface area contributed by atoms with Gasteiger partial charge in [0.05, 0.1) is 19.1 Å². The van der Waals surface area contributed by atoms with Gasteiger partial charge in [-0.1, -0.05) is 13.8 Å². The summed E-state index contributed by atoms with van der Waals surface area (Å²) >= 11 is 0. The summed E-state index contributed by atoms with van der Waals surface area (Å²) in [7, 11) is 0. The van der Waals surface area contributed by atoms with Crippen molar-refractivity contribution in [3.63, 3.8) is 0 Å². The molecule has 2 unspecified atom stereocenters. The van der Waals surface area contributed by atoms with E-state index in [1.165, 1.54) is 0 Å². The van der Waals surface area contributed by atoms with Gasteiger partial charge in [-0.3, -0.25) is 0 Å². The molecule has 1 aliphatic heterocycles. The van der Waals surface area contributed by atoms with E-state index >= 15 is 0 Å². The minimum atomic E-state index is -1.04. The van der Waals surface area contributed by atoms with Gasteiger partial charge < -0.3 is 9.84 Å². The maximum atomic E-state index is 11.1. The van der Waals surface area contributed by atoms with Crippen LogP contribution in [0.2, 0.25) is 0 Å². The summed E-state index contributed by atoms with van der Waals surface area (Å²) in [6.07, 6.45) is 3.53. The lowest BCUT2D eigenvalue weighted by Crippen LogP contribution is -2.35. The Labute approximate surface area is 113 Å². The molecule has 0 bridgehead atoms. The molecule has 0 fully saturated rings. The second-order valence-corrected chi connectivity index (χ2v) is 5.85. The average Bonchev–Trinajstić information content (AvgIpc) is 2.91. The summed E-state index contributed by atoms with van der Waals surface area (Å²) in [5.41, 5.74) is 1.98. The van der Waals surface area contributed by atoms with Crippen molar-refractivity contribution in [3.8, 4) is 11.9 Å². The Balaban J connectivity index is 2.17. The van der Waals surface area contributed by atoms with E-state index in [-0.39, 0.29) is 12.3 Å². The molecule has 2 atom stereocenters. The van der Waals surface area contributed by atoms with E-state index in [0.717, 1.165) is 29.5 Å². The van der Waals surface area contributed by atoms with Crippen LogP contribution in [0.5, 0.6) is 5.88 Å². The largest absolute Gasteiger partial charge is 0.477 e. The summed E-state index contributed by atoms with van der Waals surface area (Å²) < 4.78 is 5.49. The molecule has 3 rings (SSSR count). The maximum Gasteiger partial charge on any atom is 0.217 e. The number of aliphatic hydroxyl groups is 1. The highest BCUT2D eigenvalue weighted by molar-refractivity contribution is 5.49. The summed E-state index contributed by atoms with van der Waals surface area (Å²) in [6.45, 7) is 4.82. The molecule has 2 heterocycles. The van der Waals surface area contributed by atoms with E-state index in [1.54, 1.807) is 0 Å². The maximum absolute atomic E-state index is 11.1. The number of hydrogen-bond acceptors (Lipinski definition) is 4. The zero-order valence-corrected chi connectivity index (χ0v) is 11.3. The molecular weight excluding hydrogens is 240 g/mol. The van der Waals surface area contributed by atoms with Crippen LogP contribution in [0.25, 0.3) is 0 Å². The highest BCUT2D eigenvalue weighted by Gasteiger charge is 2.49. The standard InChI is InChI=1S/C15H18N2O2/c1-9(2)12-7-10-8-17-14-11(3-6-19-14)13(10)15(12,18)4-5-16/h8-9,12,18H,3-4,6-7H2,1-2H3. The third-order valence-electron chi connectivity index (χ3n) is 4.45. The van der Waals surface area contributed by atoms with E-state index in [9.17, 15) is 5.11 Å². The minimum absolute atomic E-state index is 0.0797. The molecule has 1 N–H and O–H groups in total. The number of hydrogen-bond donors (Lipinski definition) is 1. The number of rotatable bonds is 2. The van der Waals surface area contributed by atoms with Gasteiger partial charge in [-0.2, -0.15) is 5.26 Å². The minimum Gasteiger partial charge on any atom is -0.477 e. The second-order valence-electron chi connectivity index (χ2n) is 5.85. The van der Waals surface area contributed by atoms with Crippen molar-refractivity contribution in [3.05, 3.63) is 22.9 Å². The fraction of sp³-hybridized carbons (Fsp3) is 0.600. The van der Waals surface area contributed by atoms with Crippen LogP contribution in [0.4, 0.5) is 0 Å². The first kappa shape index (κ1) is 12.4. The van der Waals surface area contributed by atoms with Crippen molar-refractivity contribution in [2.45, 2.75) is 38.7 Å². The third-order valence-corrected chi connectivity index (χ3v) is 4.45. The van der Waals surface area contributed by atoms with Crippen LogP contribution in [0.1, 0.15) is 37.0 Å². The molecule has 4 heteroatoms. The van der Waals surface area contributed by atoms with Crippen LogP contribution in [0.3, 0.4) is 0 Å². The number of ether oxygens (including phenoxy) is 1. The van der Waals surface area contributed by atoms with Crippen LogP contribution in [-0.4, -0.2) is 16.7 Å². The van der Waals surface area contributed by atoms with Crippen LogP contribution in [0, 0.1) is 23.2 Å². The number of nitrogens with zero attached hydrogens (tertiary/aromatic N) is 2. The quantitative estimate of drug-likeness (QED) is 0.880. The first-order chi connectivity index (χ1) is 9.08. The van der Waals surface area contributed by atoms with Crippen molar-refractivity contribution in [2.24, 2.45) is 11.8 Å².